The zero-order chi connectivity index (χ0) is 26.1. The first-order chi connectivity index (χ1) is 18.0. The molecule has 2 atom stereocenters. The lowest BCUT2D eigenvalue weighted by Gasteiger charge is -2.24. The van der Waals surface area contributed by atoms with Crippen molar-refractivity contribution in [1.29, 1.82) is 0 Å². The van der Waals surface area contributed by atoms with E-state index >= 15 is 0 Å². The van der Waals surface area contributed by atoms with Gasteiger partial charge in [0, 0.05) is 5.92 Å². The number of hydrogen-bond acceptors (Lipinski definition) is 5. The maximum absolute atomic E-state index is 13.9. The highest BCUT2D eigenvalue weighted by Gasteiger charge is 2.33. The third-order valence-electron chi connectivity index (χ3n) is 6.82. The molecule has 7 heteroatoms. The van der Waals surface area contributed by atoms with Gasteiger partial charge in [0.15, 0.2) is 0 Å². The van der Waals surface area contributed by atoms with Gasteiger partial charge in [0.25, 0.3) is 5.56 Å². The van der Waals surface area contributed by atoms with Crippen LogP contribution in [0.5, 0.6) is 5.75 Å². The van der Waals surface area contributed by atoms with Gasteiger partial charge in [-0.2, -0.15) is 0 Å². The summed E-state index contributed by atoms with van der Waals surface area (Å²) < 4.78 is 12.2. The highest BCUT2D eigenvalue weighted by molar-refractivity contribution is 5.93. The van der Waals surface area contributed by atoms with Crippen LogP contribution in [0.25, 0.3) is 11.6 Å². The van der Waals surface area contributed by atoms with E-state index in [1.54, 1.807) is 21.0 Å². The Hall–Kier alpha value is -4.39. The fourth-order valence-electron chi connectivity index (χ4n) is 5.13. The van der Waals surface area contributed by atoms with Crippen LogP contribution in [-0.2, 0) is 9.53 Å². The number of allylic oxidation sites excluding steroid dienone is 4. The lowest BCUT2D eigenvalue weighted by atomic mass is 9.96. The summed E-state index contributed by atoms with van der Waals surface area (Å²) in [6, 6.07) is 14.8. The quantitative estimate of drug-likeness (QED) is 0.399. The number of nitrogens with one attached hydrogen (secondary N) is 1. The first kappa shape index (κ1) is 24.3. The number of methoxy groups -OCH3 is 1. The van der Waals surface area contributed by atoms with Crippen molar-refractivity contribution < 1.29 is 14.3 Å². The highest BCUT2D eigenvalue weighted by atomic mass is 16.5. The Morgan fingerprint density at radius 1 is 1.19 bits per heavy atom. The maximum atomic E-state index is 13.9. The van der Waals surface area contributed by atoms with Crippen molar-refractivity contribution in [1.82, 2.24) is 9.55 Å². The van der Waals surface area contributed by atoms with Gasteiger partial charge in [-0.25, -0.2) is 9.79 Å². The van der Waals surface area contributed by atoms with E-state index in [4.69, 9.17) is 9.47 Å². The molecule has 1 aliphatic carbocycles. The van der Waals surface area contributed by atoms with Crippen LogP contribution in [0.15, 0.2) is 88.3 Å². The molecule has 0 bridgehead atoms. The zero-order valence-electron chi connectivity index (χ0n) is 21.2. The van der Waals surface area contributed by atoms with Gasteiger partial charge in [0.05, 0.1) is 31.0 Å². The van der Waals surface area contributed by atoms with E-state index in [9.17, 15) is 9.59 Å². The van der Waals surface area contributed by atoms with E-state index in [0.717, 1.165) is 23.1 Å². The first-order valence-electron chi connectivity index (χ1n) is 12.3. The normalized spacial score (nSPS) is 18.6. The van der Waals surface area contributed by atoms with Crippen molar-refractivity contribution in [3.63, 3.8) is 0 Å². The van der Waals surface area contributed by atoms with Crippen LogP contribution in [0.2, 0.25) is 0 Å². The number of esters is 1. The van der Waals surface area contributed by atoms with E-state index in [0.29, 0.717) is 28.0 Å². The van der Waals surface area contributed by atoms with Gasteiger partial charge in [-0.3, -0.25) is 9.36 Å². The van der Waals surface area contributed by atoms with E-state index < -0.39 is 12.0 Å². The number of rotatable bonds is 7. The van der Waals surface area contributed by atoms with Gasteiger partial charge in [0.2, 0.25) is 5.62 Å². The monoisotopic (exact) mass is 495 g/mol. The van der Waals surface area contributed by atoms with Crippen molar-refractivity contribution in [3.05, 3.63) is 117 Å². The van der Waals surface area contributed by atoms with Crippen LogP contribution in [-0.4, -0.2) is 29.2 Å². The molecule has 1 aromatic heterocycles. The molecule has 0 amide bonds. The van der Waals surface area contributed by atoms with E-state index in [2.05, 4.69) is 34.8 Å². The molecule has 0 radical (unpaired) electrons. The number of aromatic nitrogens is 2. The van der Waals surface area contributed by atoms with E-state index in [1.165, 1.54) is 10.1 Å². The number of aromatic amines is 1. The molecular weight excluding hydrogens is 466 g/mol. The van der Waals surface area contributed by atoms with Gasteiger partial charge in [-0.05, 0) is 60.7 Å². The molecule has 0 saturated carbocycles. The van der Waals surface area contributed by atoms with Crippen LogP contribution < -0.4 is 21.3 Å². The Kier molecular flexibility index (Phi) is 6.53. The number of carbonyl (C=O) groups excluding carboxylic acids is 1. The number of H-pyrrole nitrogens is 1. The minimum Gasteiger partial charge on any atom is -0.497 e. The van der Waals surface area contributed by atoms with E-state index in [1.807, 2.05) is 48.6 Å². The van der Waals surface area contributed by atoms with Crippen LogP contribution in [0.3, 0.4) is 0 Å². The van der Waals surface area contributed by atoms with Crippen molar-refractivity contribution in [3.8, 4) is 5.75 Å². The third kappa shape index (κ3) is 4.27. The Balaban J connectivity index is 1.69. The smallest absolute Gasteiger partial charge is 0.338 e. The van der Waals surface area contributed by atoms with Crippen molar-refractivity contribution in [2.24, 2.45) is 4.99 Å². The van der Waals surface area contributed by atoms with Gasteiger partial charge in [0.1, 0.15) is 11.1 Å². The van der Waals surface area contributed by atoms with Gasteiger partial charge in [-0.1, -0.05) is 48.6 Å². The largest absolute Gasteiger partial charge is 0.497 e. The number of carbonyl (C=O) groups is 1. The SMILES string of the molecule is C=CCC1C=C(/C=c2/[nH]c3n(c2=O)C(c2ccc(OC)cc2)C(C(=O)OCC)=C(C)N=3)c2ccccc21. The lowest BCUT2D eigenvalue weighted by Crippen LogP contribution is -2.40. The molecule has 5 rings (SSSR count). The second-order valence-corrected chi connectivity index (χ2v) is 9.03. The standard InChI is InChI=1S/C30H29N3O4/c1-5-9-20-16-21(24-11-8-7-10-23(20)24)17-25-28(34)33-27(19-12-14-22(36-4)15-13-19)26(29(35)37-6-2)18(3)31-30(33)32-25/h5,7-8,10-17,20,27H,1,6,9H2,2-4H3,(H,31,32)/b25-17+. The molecule has 7 nitrogen and oxygen atoms in total. The summed E-state index contributed by atoms with van der Waals surface area (Å²) in [6.07, 6.45) is 6.76. The van der Waals surface area contributed by atoms with Crippen molar-refractivity contribution in [2.45, 2.75) is 32.2 Å². The zero-order valence-corrected chi connectivity index (χ0v) is 21.2. The molecule has 1 N–H and O–H groups in total. The summed E-state index contributed by atoms with van der Waals surface area (Å²) in [4.78, 5) is 34.7. The minimum absolute atomic E-state index is 0.211. The number of fused-ring (bicyclic) bond motifs is 2. The molecule has 2 unspecified atom stereocenters. The molecule has 37 heavy (non-hydrogen) atoms. The van der Waals surface area contributed by atoms with Crippen molar-refractivity contribution in [2.75, 3.05) is 13.7 Å². The summed E-state index contributed by atoms with van der Waals surface area (Å²) in [5.41, 5.74) is 4.99. The molecule has 2 aromatic carbocycles. The van der Waals surface area contributed by atoms with Crippen LogP contribution >= 0.6 is 0 Å². The van der Waals surface area contributed by atoms with Crippen LogP contribution in [0, 0.1) is 0 Å². The lowest BCUT2D eigenvalue weighted by molar-refractivity contribution is -0.139. The molecule has 0 saturated heterocycles. The topological polar surface area (TPSA) is 85.7 Å². The Bertz CT molecular complexity index is 1620. The summed E-state index contributed by atoms with van der Waals surface area (Å²) in [7, 11) is 1.59. The summed E-state index contributed by atoms with van der Waals surface area (Å²) >= 11 is 0. The molecular formula is C30H29N3O4. The van der Waals surface area contributed by atoms with Crippen LogP contribution in [0.1, 0.15) is 48.9 Å². The number of ether oxygens (including phenoxy) is 2. The molecule has 2 aliphatic rings. The summed E-state index contributed by atoms with van der Waals surface area (Å²) in [5.74, 6) is 0.399. The fraction of sp³-hybridized carbons (Fsp3) is 0.233. The first-order valence-corrected chi connectivity index (χ1v) is 12.3. The molecule has 0 fully saturated rings. The van der Waals surface area contributed by atoms with Gasteiger partial charge < -0.3 is 14.5 Å². The number of benzene rings is 2. The molecule has 3 aromatic rings. The predicted molar refractivity (Wildman–Crippen MR) is 143 cm³/mol. The number of imidazole rings is 1. The second-order valence-electron chi connectivity index (χ2n) is 9.03. The predicted octanol–water partition coefficient (Wildman–Crippen LogP) is 3.78. The second kappa shape index (κ2) is 9.93. The Morgan fingerprint density at radius 2 is 1.95 bits per heavy atom. The molecule has 1 aliphatic heterocycles. The maximum Gasteiger partial charge on any atom is 0.338 e. The van der Waals surface area contributed by atoms with Crippen molar-refractivity contribution >= 4 is 17.6 Å². The average Bonchev–Trinajstić information content (AvgIpc) is 3.40. The van der Waals surface area contributed by atoms with E-state index in [-0.39, 0.29) is 18.1 Å². The third-order valence-corrected chi connectivity index (χ3v) is 6.82. The fourth-order valence-corrected chi connectivity index (χ4v) is 5.13. The number of hydrogen-bond donors (Lipinski definition) is 1. The van der Waals surface area contributed by atoms with Crippen LogP contribution in [0.4, 0.5) is 0 Å². The number of nitrogens with zero attached hydrogens (tertiary/aromatic N) is 2. The molecule has 188 valence electrons. The average molecular weight is 496 g/mol. The Labute approximate surface area is 214 Å². The molecule has 2 heterocycles. The molecule has 0 spiro atoms. The summed E-state index contributed by atoms with van der Waals surface area (Å²) in [6.45, 7) is 7.63. The van der Waals surface area contributed by atoms with Gasteiger partial charge in [-0.15, -0.1) is 6.58 Å². The highest BCUT2D eigenvalue weighted by Crippen LogP contribution is 2.38. The van der Waals surface area contributed by atoms with Gasteiger partial charge >= 0.3 is 5.97 Å². The minimum atomic E-state index is -0.693. The summed E-state index contributed by atoms with van der Waals surface area (Å²) in [5, 5.41) is 0.399. The Morgan fingerprint density at radius 3 is 2.65 bits per heavy atom.